The molecule has 1 aromatic heterocycles. The summed E-state index contributed by atoms with van der Waals surface area (Å²) in [6.45, 7) is 1.72. The van der Waals surface area contributed by atoms with Crippen LogP contribution in [0.1, 0.15) is 16.8 Å². The molecule has 102 valence electrons. The Kier molecular flexibility index (Phi) is 3.72. The molecule has 1 heterocycles. The van der Waals surface area contributed by atoms with Gasteiger partial charge < -0.3 is 5.73 Å². The SMILES string of the molecule is Cc1ccc(N)cc1S(=O)(=O)Cc1ccnc(C#N)c1. The fourth-order valence-corrected chi connectivity index (χ4v) is 3.52. The molecule has 0 aliphatic heterocycles. The smallest absolute Gasteiger partial charge is 0.182 e. The molecule has 0 amide bonds. The van der Waals surface area contributed by atoms with E-state index < -0.39 is 9.84 Å². The van der Waals surface area contributed by atoms with Crippen LogP contribution in [0.5, 0.6) is 0 Å². The van der Waals surface area contributed by atoms with Crippen molar-refractivity contribution in [2.45, 2.75) is 17.6 Å². The van der Waals surface area contributed by atoms with Gasteiger partial charge in [-0.15, -0.1) is 0 Å². The third kappa shape index (κ3) is 2.95. The van der Waals surface area contributed by atoms with Gasteiger partial charge in [0.25, 0.3) is 0 Å². The largest absolute Gasteiger partial charge is 0.399 e. The topological polar surface area (TPSA) is 96.8 Å². The first-order valence-electron chi connectivity index (χ1n) is 5.86. The summed E-state index contributed by atoms with van der Waals surface area (Å²) in [5.74, 6) is -0.186. The van der Waals surface area contributed by atoms with Gasteiger partial charge in [0, 0.05) is 11.9 Å². The van der Waals surface area contributed by atoms with Crippen molar-refractivity contribution >= 4 is 15.5 Å². The molecule has 2 aromatic rings. The van der Waals surface area contributed by atoms with Crippen LogP contribution in [-0.4, -0.2) is 13.4 Å². The molecule has 0 atom stereocenters. The molecule has 1 aromatic carbocycles. The van der Waals surface area contributed by atoms with Gasteiger partial charge in [-0.2, -0.15) is 5.26 Å². The van der Waals surface area contributed by atoms with E-state index in [0.29, 0.717) is 16.8 Å². The third-order valence-electron chi connectivity index (χ3n) is 2.84. The Labute approximate surface area is 117 Å². The number of nitrogen functional groups attached to an aromatic ring is 1. The summed E-state index contributed by atoms with van der Waals surface area (Å²) >= 11 is 0. The number of hydrogen-bond acceptors (Lipinski definition) is 5. The molecule has 0 spiro atoms. The Morgan fingerprint density at radius 1 is 1.30 bits per heavy atom. The van der Waals surface area contributed by atoms with Crippen LogP contribution in [0, 0.1) is 18.3 Å². The number of anilines is 1. The zero-order valence-corrected chi connectivity index (χ0v) is 11.7. The average molecular weight is 287 g/mol. The summed E-state index contributed by atoms with van der Waals surface area (Å²) < 4.78 is 24.8. The summed E-state index contributed by atoms with van der Waals surface area (Å²) in [5.41, 5.74) is 7.42. The molecule has 5 nitrogen and oxygen atoms in total. The number of hydrogen-bond donors (Lipinski definition) is 1. The molecule has 6 heteroatoms. The first kappa shape index (κ1) is 14.0. The van der Waals surface area contributed by atoms with Gasteiger partial charge in [-0.1, -0.05) is 6.07 Å². The maximum Gasteiger partial charge on any atom is 0.182 e. The van der Waals surface area contributed by atoms with Crippen molar-refractivity contribution in [1.82, 2.24) is 4.98 Å². The van der Waals surface area contributed by atoms with E-state index in [-0.39, 0.29) is 16.3 Å². The summed E-state index contributed by atoms with van der Waals surface area (Å²) in [4.78, 5) is 4.03. The third-order valence-corrected chi connectivity index (χ3v) is 4.67. The lowest BCUT2D eigenvalue weighted by Gasteiger charge is -2.08. The van der Waals surface area contributed by atoms with Gasteiger partial charge in [0.05, 0.1) is 10.6 Å². The molecule has 20 heavy (non-hydrogen) atoms. The standard InChI is InChI=1S/C14H13N3O2S/c1-10-2-3-12(16)7-14(10)20(18,19)9-11-4-5-17-13(6-11)8-15/h2-7H,9,16H2,1H3. The molecule has 0 bridgehead atoms. The number of aromatic nitrogens is 1. The first-order chi connectivity index (χ1) is 9.42. The van der Waals surface area contributed by atoms with Crippen molar-refractivity contribution in [1.29, 1.82) is 5.26 Å². The number of nitrogens with two attached hydrogens (primary N) is 1. The summed E-state index contributed by atoms with van der Waals surface area (Å²) in [7, 11) is -3.51. The molecule has 2 rings (SSSR count). The lowest BCUT2D eigenvalue weighted by atomic mass is 10.2. The van der Waals surface area contributed by atoms with Crippen molar-refractivity contribution in [3.8, 4) is 6.07 Å². The zero-order chi connectivity index (χ0) is 14.8. The average Bonchev–Trinajstić information content (AvgIpc) is 2.41. The Bertz CT molecular complexity index is 792. The first-order valence-corrected chi connectivity index (χ1v) is 7.51. The number of pyridine rings is 1. The minimum Gasteiger partial charge on any atom is -0.399 e. The van der Waals surface area contributed by atoms with Gasteiger partial charge in [0.2, 0.25) is 0 Å². The fourth-order valence-electron chi connectivity index (χ4n) is 1.87. The lowest BCUT2D eigenvalue weighted by molar-refractivity contribution is 0.594. The van der Waals surface area contributed by atoms with Crippen LogP contribution in [0.25, 0.3) is 0 Å². The van der Waals surface area contributed by atoms with Crippen LogP contribution in [-0.2, 0) is 15.6 Å². The number of sulfone groups is 1. The maximum atomic E-state index is 12.4. The second kappa shape index (κ2) is 5.31. The van der Waals surface area contributed by atoms with Gasteiger partial charge in [0.1, 0.15) is 11.8 Å². The Morgan fingerprint density at radius 2 is 2.05 bits per heavy atom. The highest BCUT2D eigenvalue weighted by atomic mass is 32.2. The molecule has 0 aliphatic rings. The van der Waals surface area contributed by atoms with Gasteiger partial charge in [-0.05, 0) is 42.3 Å². The summed E-state index contributed by atoms with van der Waals surface area (Å²) in [5, 5.41) is 8.78. The predicted molar refractivity (Wildman–Crippen MR) is 75.4 cm³/mol. The van der Waals surface area contributed by atoms with Crippen LogP contribution < -0.4 is 5.73 Å². The maximum absolute atomic E-state index is 12.4. The summed E-state index contributed by atoms with van der Waals surface area (Å²) in [6, 6.07) is 9.73. The van der Waals surface area contributed by atoms with E-state index in [1.807, 2.05) is 6.07 Å². The molecule has 0 aliphatic carbocycles. The second-order valence-corrected chi connectivity index (χ2v) is 6.40. The van der Waals surface area contributed by atoms with E-state index in [1.165, 1.54) is 18.3 Å². The molecule has 0 saturated carbocycles. The van der Waals surface area contributed by atoms with E-state index >= 15 is 0 Å². The highest BCUT2D eigenvalue weighted by molar-refractivity contribution is 7.90. The molecule has 0 fully saturated rings. The fraction of sp³-hybridized carbons (Fsp3) is 0.143. The van der Waals surface area contributed by atoms with Crippen molar-refractivity contribution in [3.63, 3.8) is 0 Å². The molecule has 0 saturated heterocycles. The molecule has 2 N–H and O–H groups in total. The van der Waals surface area contributed by atoms with E-state index in [0.717, 1.165) is 0 Å². The van der Waals surface area contributed by atoms with Crippen LogP contribution in [0.2, 0.25) is 0 Å². The normalized spacial score (nSPS) is 11.0. The Morgan fingerprint density at radius 3 is 2.75 bits per heavy atom. The van der Waals surface area contributed by atoms with Gasteiger partial charge in [-0.25, -0.2) is 13.4 Å². The van der Waals surface area contributed by atoms with Crippen molar-refractivity contribution in [2.75, 3.05) is 5.73 Å². The molecule has 0 radical (unpaired) electrons. The Hall–Kier alpha value is -2.39. The zero-order valence-electron chi connectivity index (χ0n) is 10.9. The van der Waals surface area contributed by atoms with Crippen molar-refractivity contribution < 1.29 is 8.42 Å². The van der Waals surface area contributed by atoms with Crippen molar-refractivity contribution in [3.05, 3.63) is 53.3 Å². The summed E-state index contributed by atoms with van der Waals surface area (Å²) in [6.07, 6.45) is 1.43. The molecular formula is C14H13N3O2S. The highest BCUT2D eigenvalue weighted by Gasteiger charge is 2.18. The van der Waals surface area contributed by atoms with Gasteiger partial charge in [0.15, 0.2) is 9.84 Å². The lowest BCUT2D eigenvalue weighted by Crippen LogP contribution is -2.08. The van der Waals surface area contributed by atoms with Gasteiger partial charge in [-0.3, -0.25) is 0 Å². The van der Waals surface area contributed by atoms with Crippen LogP contribution in [0.15, 0.2) is 41.4 Å². The van der Waals surface area contributed by atoms with Crippen molar-refractivity contribution in [2.24, 2.45) is 0 Å². The number of nitrogens with zero attached hydrogens (tertiary/aromatic N) is 2. The predicted octanol–water partition coefficient (Wildman–Crippen LogP) is 1.82. The number of nitriles is 1. The van der Waals surface area contributed by atoms with Crippen LogP contribution >= 0.6 is 0 Å². The minimum atomic E-state index is -3.51. The second-order valence-electron chi connectivity index (χ2n) is 4.45. The quantitative estimate of drug-likeness (QED) is 0.868. The van der Waals surface area contributed by atoms with E-state index in [4.69, 9.17) is 11.0 Å². The van der Waals surface area contributed by atoms with Crippen LogP contribution in [0.3, 0.4) is 0 Å². The minimum absolute atomic E-state index is 0.186. The molecular weight excluding hydrogens is 274 g/mol. The number of benzene rings is 1. The van der Waals surface area contributed by atoms with E-state index in [2.05, 4.69) is 4.98 Å². The van der Waals surface area contributed by atoms with E-state index in [1.54, 1.807) is 25.1 Å². The van der Waals surface area contributed by atoms with Gasteiger partial charge >= 0.3 is 0 Å². The van der Waals surface area contributed by atoms with Crippen LogP contribution in [0.4, 0.5) is 5.69 Å². The monoisotopic (exact) mass is 287 g/mol. The molecule has 0 unspecified atom stereocenters. The van der Waals surface area contributed by atoms with E-state index in [9.17, 15) is 8.42 Å². The highest BCUT2D eigenvalue weighted by Crippen LogP contribution is 2.22. The Balaban J connectivity index is 2.41. The number of rotatable bonds is 3. The number of aryl methyl sites for hydroxylation is 1.